The van der Waals surface area contributed by atoms with Crippen molar-refractivity contribution in [3.8, 4) is 56.8 Å². The monoisotopic (exact) mass is 649 g/mol. The van der Waals surface area contributed by atoms with Crippen LogP contribution < -0.4 is 20.7 Å². The van der Waals surface area contributed by atoms with Gasteiger partial charge >= 0.3 is 0 Å². The van der Waals surface area contributed by atoms with Gasteiger partial charge in [-0.3, -0.25) is 0 Å². The van der Waals surface area contributed by atoms with E-state index in [9.17, 15) is 0 Å². The van der Waals surface area contributed by atoms with Crippen LogP contribution in [0.5, 0.6) is 11.5 Å². The molecule has 1 aliphatic rings. The summed E-state index contributed by atoms with van der Waals surface area (Å²) in [6.07, 6.45) is 0. The minimum atomic E-state index is -3.23. The number of rotatable bonds is 5. The van der Waals surface area contributed by atoms with E-state index in [2.05, 4.69) is 24.3 Å². The van der Waals surface area contributed by atoms with E-state index in [0.29, 0.717) is 39.6 Å². The fourth-order valence-corrected chi connectivity index (χ4v) is 9.55. The second-order valence-corrected chi connectivity index (χ2v) is 14.6. The highest BCUT2D eigenvalue weighted by molar-refractivity contribution is 7.85. The molecule has 49 heavy (non-hydrogen) atoms. The van der Waals surface area contributed by atoms with Gasteiger partial charge in [-0.05, 0) is 52.2 Å². The number of hydrogen-bond acceptors (Lipinski definition) is 5. The molecule has 1 aliphatic heterocycles. The second kappa shape index (κ2) is 11.8. The molecule has 0 saturated carbocycles. The first-order valence-corrected chi connectivity index (χ1v) is 17.8. The van der Waals surface area contributed by atoms with Gasteiger partial charge in [0.25, 0.3) is 0 Å². The van der Waals surface area contributed by atoms with Gasteiger partial charge in [-0.15, -0.1) is 0 Å². The lowest BCUT2D eigenvalue weighted by atomic mass is 9.94. The lowest BCUT2D eigenvalue weighted by molar-refractivity contribution is 0.485. The zero-order valence-electron chi connectivity index (χ0n) is 26.3. The molecule has 0 amide bonds. The van der Waals surface area contributed by atoms with Crippen LogP contribution in [0.3, 0.4) is 0 Å². The SMILES string of the molecule is O=P1(c2ccccc2)c2ccccc2Oc2ccc(-c3ccc(-c4nc(-c5ccccc5)nc(-c5ccccc5)n4)c4ccccc34)cc21. The summed E-state index contributed by atoms with van der Waals surface area (Å²) in [7, 11) is -3.23. The molecule has 2 heterocycles. The highest BCUT2D eigenvalue weighted by Crippen LogP contribution is 2.52. The van der Waals surface area contributed by atoms with Gasteiger partial charge in [-0.1, -0.05) is 140 Å². The van der Waals surface area contributed by atoms with Gasteiger partial charge in [0.1, 0.15) is 11.5 Å². The van der Waals surface area contributed by atoms with E-state index < -0.39 is 7.14 Å². The van der Waals surface area contributed by atoms with Gasteiger partial charge in [-0.25, -0.2) is 15.0 Å². The average molecular weight is 650 g/mol. The van der Waals surface area contributed by atoms with Crippen LogP contribution in [0.2, 0.25) is 0 Å². The standard InChI is InChI=1S/C43H28N3O2P/c47-49(32-18-8-3-9-19-32)39-23-13-12-22-37(39)48-38-27-24-31(28-40(38)49)33-25-26-36(35-21-11-10-20-34(33)35)43-45-41(29-14-4-1-5-15-29)44-42(46-43)30-16-6-2-7-17-30/h1-28H. The largest absolute Gasteiger partial charge is 0.456 e. The van der Waals surface area contributed by atoms with Gasteiger partial charge in [0.2, 0.25) is 0 Å². The molecule has 0 radical (unpaired) electrons. The molecule has 1 unspecified atom stereocenters. The average Bonchev–Trinajstić information content (AvgIpc) is 3.18. The topological polar surface area (TPSA) is 65.0 Å². The number of aromatic nitrogens is 3. The van der Waals surface area contributed by atoms with Gasteiger partial charge in [0.15, 0.2) is 24.6 Å². The van der Waals surface area contributed by atoms with Gasteiger partial charge in [-0.2, -0.15) is 0 Å². The Kier molecular flexibility index (Phi) is 7.00. The molecular weight excluding hydrogens is 621 g/mol. The predicted octanol–water partition coefficient (Wildman–Crippen LogP) is 9.44. The van der Waals surface area contributed by atoms with Crippen molar-refractivity contribution >= 4 is 33.8 Å². The van der Waals surface area contributed by atoms with Crippen LogP contribution in [0.25, 0.3) is 56.1 Å². The van der Waals surface area contributed by atoms with Crippen LogP contribution >= 0.6 is 7.14 Å². The Labute approximate surface area is 284 Å². The van der Waals surface area contributed by atoms with Crippen molar-refractivity contribution < 1.29 is 9.30 Å². The third-order valence-electron chi connectivity index (χ3n) is 9.02. The Morgan fingerprint density at radius 1 is 0.408 bits per heavy atom. The lowest BCUT2D eigenvalue weighted by Gasteiger charge is -2.29. The minimum absolute atomic E-state index is 0.597. The van der Waals surface area contributed by atoms with Crippen LogP contribution in [-0.2, 0) is 4.57 Å². The molecule has 0 aliphatic carbocycles. The Morgan fingerprint density at radius 2 is 0.918 bits per heavy atom. The number of ether oxygens (including phenoxy) is 1. The molecule has 7 aromatic carbocycles. The first kappa shape index (κ1) is 29.0. The molecule has 232 valence electrons. The van der Waals surface area contributed by atoms with E-state index in [1.54, 1.807) is 0 Å². The smallest absolute Gasteiger partial charge is 0.178 e. The highest BCUT2D eigenvalue weighted by Gasteiger charge is 2.39. The fraction of sp³-hybridized carbons (Fsp3) is 0. The Hall–Kier alpha value is -6.16. The summed E-state index contributed by atoms with van der Waals surface area (Å²) in [4.78, 5) is 14.9. The number of para-hydroxylation sites is 1. The van der Waals surface area contributed by atoms with Crippen molar-refractivity contribution in [1.82, 2.24) is 15.0 Å². The number of benzene rings is 7. The molecule has 1 aromatic heterocycles. The molecule has 9 rings (SSSR count). The molecule has 0 spiro atoms. The van der Waals surface area contributed by atoms with Crippen molar-refractivity contribution in [2.24, 2.45) is 0 Å². The second-order valence-electron chi connectivity index (χ2n) is 11.9. The van der Waals surface area contributed by atoms with E-state index in [4.69, 9.17) is 19.7 Å². The molecule has 0 fully saturated rings. The minimum Gasteiger partial charge on any atom is -0.456 e. The fourth-order valence-electron chi connectivity index (χ4n) is 6.66. The van der Waals surface area contributed by atoms with Gasteiger partial charge in [0.05, 0.1) is 10.6 Å². The maximum atomic E-state index is 15.4. The zero-order valence-corrected chi connectivity index (χ0v) is 27.2. The highest BCUT2D eigenvalue weighted by atomic mass is 31.2. The van der Waals surface area contributed by atoms with Crippen molar-refractivity contribution in [2.75, 3.05) is 0 Å². The summed E-state index contributed by atoms with van der Waals surface area (Å²) in [5.74, 6) is 3.07. The first-order valence-electron chi connectivity index (χ1n) is 16.1. The third-order valence-corrected chi connectivity index (χ3v) is 12.1. The third kappa shape index (κ3) is 4.95. The van der Waals surface area contributed by atoms with E-state index in [-0.39, 0.29) is 0 Å². The van der Waals surface area contributed by atoms with E-state index in [1.165, 1.54) is 0 Å². The Bertz CT molecular complexity index is 2500. The summed E-state index contributed by atoms with van der Waals surface area (Å²) < 4.78 is 21.7. The molecule has 6 heteroatoms. The Balaban J connectivity index is 1.22. The number of nitrogens with zero attached hydrogens (tertiary/aromatic N) is 3. The van der Waals surface area contributed by atoms with E-state index in [0.717, 1.165) is 43.9 Å². The molecule has 0 bridgehead atoms. The lowest BCUT2D eigenvalue weighted by Crippen LogP contribution is -2.30. The number of fused-ring (bicyclic) bond motifs is 3. The normalized spacial score (nSPS) is 14.9. The van der Waals surface area contributed by atoms with Crippen molar-refractivity contribution in [3.63, 3.8) is 0 Å². The maximum absolute atomic E-state index is 15.4. The molecule has 5 nitrogen and oxygen atoms in total. The summed E-state index contributed by atoms with van der Waals surface area (Å²) in [5.41, 5.74) is 4.71. The maximum Gasteiger partial charge on any atom is 0.178 e. The van der Waals surface area contributed by atoms with Gasteiger partial charge in [0, 0.05) is 22.0 Å². The zero-order chi connectivity index (χ0) is 32.8. The van der Waals surface area contributed by atoms with E-state index in [1.807, 2.05) is 146 Å². The van der Waals surface area contributed by atoms with Crippen LogP contribution in [0, 0.1) is 0 Å². The quantitative estimate of drug-likeness (QED) is 0.174. The Morgan fingerprint density at radius 3 is 1.59 bits per heavy atom. The van der Waals surface area contributed by atoms with Crippen LogP contribution in [0.1, 0.15) is 0 Å². The number of hydrogen-bond donors (Lipinski definition) is 0. The van der Waals surface area contributed by atoms with Crippen LogP contribution in [0.4, 0.5) is 0 Å². The summed E-state index contributed by atoms with van der Waals surface area (Å²) in [6, 6.07) is 55.9. The van der Waals surface area contributed by atoms with Crippen molar-refractivity contribution in [3.05, 3.63) is 170 Å². The molecule has 8 aromatic rings. The molecular formula is C43H28N3O2P. The van der Waals surface area contributed by atoms with Crippen molar-refractivity contribution in [1.29, 1.82) is 0 Å². The first-order chi connectivity index (χ1) is 24.2. The summed E-state index contributed by atoms with van der Waals surface area (Å²) in [6.45, 7) is 0. The van der Waals surface area contributed by atoms with Crippen LogP contribution in [0.15, 0.2) is 170 Å². The van der Waals surface area contributed by atoms with Crippen molar-refractivity contribution in [2.45, 2.75) is 0 Å². The van der Waals surface area contributed by atoms with E-state index >= 15 is 4.57 Å². The molecule has 0 N–H and O–H groups in total. The molecule has 0 saturated heterocycles. The van der Waals surface area contributed by atoms with Gasteiger partial charge < -0.3 is 9.30 Å². The van der Waals surface area contributed by atoms with Crippen LogP contribution in [-0.4, -0.2) is 15.0 Å². The summed E-state index contributed by atoms with van der Waals surface area (Å²) in [5, 5.41) is 4.23. The molecule has 1 atom stereocenters. The predicted molar refractivity (Wildman–Crippen MR) is 199 cm³/mol. The summed E-state index contributed by atoms with van der Waals surface area (Å²) >= 11 is 0.